The highest BCUT2D eigenvalue weighted by atomic mass is 32.2. The minimum atomic E-state index is 0.547. The summed E-state index contributed by atoms with van der Waals surface area (Å²) < 4.78 is 7.57. The van der Waals surface area contributed by atoms with Crippen LogP contribution in [0.15, 0.2) is 43.4 Å². The Balaban J connectivity index is 1.62. The maximum Gasteiger partial charge on any atom is 0.247 e. The zero-order valence-corrected chi connectivity index (χ0v) is 13.7. The first-order valence-electron chi connectivity index (χ1n) is 6.32. The third-order valence-corrected chi connectivity index (χ3v) is 5.52. The zero-order chi connectivity index (χ0) is 14.5. The second-order valence-electron chi connectivity index (χ2n) is 3.92. The minimum absolute atomic E-state index is 0.547. The highest BCUT2D eigenvalue weighted by Crippen LogP contribution is 2.30. The molecule has 3 aromatic rings. The first kappa shape index (κ1) is 14.6. The Hall–Kier alpha value is -1.38. The minimum Gasteiger partial charge on any atom is -0.420 e. The standard InChI is InChI=1S/C13H12N4OS3/c1-2-19-12-16-17-13(21-12)20-8-10-14-15-11(18-10)9-6-4-3-5-7-9/h3-7H,2,8H2,1H3. The van der Waals surface area contributed by atoms with Crippen LogP contribution in [0, 0.1) is 0 Å². The average Bonchev–Trinajstić information content (AvgIpc) is 3.16. The van der Waals surface area contributed by atoms with Gasteiger partial charge in [0.2, 0.25) is 11.8 Å². The van der Waals surface area contributed by atoms with E-state index in [4.69, 9.17) is 4.42 Å². The Morgan fingerprint density at radius 2 is 1.76 bits per heavy atom. The average molecular weight is 336 g/mol. The van der Waals surface area contributed by atoms with Gasteiger partial charge in [-0.15, -0.1) is 20.4 Å². The van der Waals surface area contributed by atoms with Crippen molar-refractivity contribution in [2.75, 3.05) is 5.75 Å². The number of nitrogens with zero attached hydrogens (tertiary/aromatic N) is 4. The van der Waals surface area contributed by atoms with Crippen LogP contribution in [0.3, 0.4) is 0 Å². The van der Waals surface area contributed by atoms with Gasteiger partial charge in [0.05, 0.1) is 5.75 Å². The summed E-state index contributed by atoms with van der Waals surface area (Å²) in [7, 11) is 0. The number of rotatable bonds is 6. The van der Waals surface area contributed by atoms with Gasteiger partial charge in [0.1, 0.15) is 0 Å². The summed E-state index contributed by atoms with van der Waals surface area (Å²) in [6, 6.07) is 9.75. The van der Waals surface area contributed by atoms with E-state index in [1.807, 2.05) is 30.3 Å². The topological polar surface area (TPSA) is 64.7 Å². The molecule has 0 atom stereocenters. The Morgan fingerprint density at radius 3 is 2.52 bits per heavy atom. The van der Waals surface area contributed by atoms with Gasteiger partial charge < -0.3 is 4.42 Å². The van der Waals surface area contributed by atoms with E-state index in [1.165, 1.54) is 0 Å². The van der Waals surface area contributed by atoms with Gasteiger partial charge in [-0.05, 0) is 17.9 Å². The number of benzene rings is 1. The van der Waals surface area contributed by atoms with E-state index in [9.17, 15) is 0 Å². The molecule has 0 aliphatic carbocycles. The van der Waals surface area contributed by atoms with E-state index in [2.05, 4.69) is 27.3 Å². The molecule has 0 amide bonds. The van der Waals surface area contributed by atoms with Gasteiger partial charge in [0, 0.05) is 5.56 Å². The van der Waals surface area contributed by atoms with Crippen LogP contribution in [0.1, 0.15) is 12.8 Å². The fourth-order valence-electron chi connectivity index (χ4n) is 1.57. The van der Waals surface area contributed by atoms with Gasteiger partial charge in [0.15, 0.2) is 8.68 Å². The fourth-order valence-corrected chi connectivity index (χ4v) is 4.32. The van der Waals surface area contributed by atoms with Crippen molar-refractivity contribution in [1.29, 1.82) is 0 Å². The lowest BCUT2D eigenvalue weighted by Gasteiger charge is -1.93. The van der Waals surface area contributed by atoms with Gasteiger partial charge in [-0.1, -0.05) is 60.0 Å². The van der Waals surface area contributed by atoms with Crippen molar-refractivity contribution >= 4 is 34.9 Å². The molecule has 108 valence electrons. The molecule has 8 heteroatoms. The highest BCUT2D eigenvalue weighted by molar-refractivity contribution is 8.02. The maximum absolute atomic E-state index is 5.65. The van der Waals surface area contributed by atoms with Crippen molar-refractivity contribution in [1.82, 2.24) is 20.4 Å². The Morgan fingerprint density at radius 1 is 1.00 bits per heavy atom. The van der Waals surface area contributed by atoms with E-state index < -0.39 is 0 Å². The van der Waals surface area contributed by atoms with E-state index in [-0.39, 0.29) is 0 Å². The molecule has 0 radical (unpaired) electrons. The van der Waals surface area contributed by atoms with Crippen LogP contribution in [0.25, 0.3) is 11.5 Å². The Labute approximate surface area is 134 Å². The summed E-state index contributed by atoms with van der Waals surface area (Å²) in [5.41, 5.74) is 0.929. The molecule has 0 N–H and O–H groups in total. The van der Waals surface area contributed by atoms with Crippen molar-refractivity contribution in [3.05, 3.63) is 36.2 Å². The number of hydrogen-bond acceptors (Lipinski definition) is 8. The predicted octanol–water partition coefficient (Wildman–Crippen LogP) is 3.99. The highest BCUT2D eigenvalue weighted by Gasteiger charge is 2.10. The van der Waals surface area contributed by atoms with Crippen LogP contribution in [-0.2, 0) is 5.75 Å². The molecule has 2 heterocycles. The van der Waals surface area contributed by atoms with Gasteiger partial charge >= 0.3 is 0 Å². The van der Waals surface area contributed by atoms with E-state index >= 15 is 0 Å². The van der Waals surface area contributed by atoms with Crippen molar-refractivity contribution in [3.63, 3.8) is 0 Å². The van der Waals surface area contributed by atoms with Gasteiger partial charge in [-0.2, -0.15) is 0 Å². The smallest absolute Gasteiger partial charge is 0.247 e. The summed E-state index contributed by atoms with van der Waals surface area (Å²) in [5.74, 6) is 2.75. The van der Waals surface area contributed by atoms with E-state index in [0.29, 0.717) is 17.5 Å². The lowest BCUT2D eigenvalue weighted by atomic mass is 10.2. The lowest BCUT2D eigenvalue weighted by Crippen LogP contribution is -1.80. The predicted molar refractivity (Wildman–Crippen MR) is 85.6 cm³/mol. The number of thioether (sulfide) groups is 2. The second kappa shape index (κ2) is 7.06. The molecular formula is C13H12N4OS3. The SMILES string of the molecule is CCSc1nnc(SCc2nnc(-c3ccccc3)o2)s1. The van der Waals surface area contributed by atoms with Crippen LogP contribution in [0.5, 0.6) is 0 Å². The van der Waals surface area contributed by atoms with Gasteiger partial charge in [-0.3, -0.25) is 0 Å². The van der Waals surface area contributed by atoms with E-state index in [1.54, 1.807) is 34.9 Å². The molecule has 1 aromatic carbocycles. The fraction of sp³-hybridized carbons (Fsp3) is 0.231. The third-order valence-electron chi connectivity index (χ3n) is 2.46. The molecule has 0 spiro atoms. The first-order chi connectivity index (χ1) is 10.3. The maximum atomic E-state index is 5.65. The molecule has 21 heavy (non-hydrogen) atoms. The van der Waals surface area contributed by atoms with Crippen molar-refractivity contribution in [2.24, 2.45) is 0 Å². The molecule has 5 nitrogen and oxygen atoms in total. The van der Waals surface area contributed by atoms with Gasteiger partial charge in [-0.25, -0.2) is 0 Å². The molecule has 0 bridgehead atoms. The second-order valence-corrected chi connectivity index (χ2v) is 7.63. The molecule has 0 saturated heterocycles. The summed E-state index contributed by atoms with van der Waals surface area (Å²) in [6.07, 6.45) is 0. The number of hydrogen-bond donors (Lipinski definition) is 0. The lowest BCUT2D eigenvalue weighted by molar-refractivity contribution is 0.528. The van der Waals surface area contributed by atoms with Gasteiger partial charge in [0.25, 0.3) is 0 Å². The summed E-state index contributed by atoms with van der Waals surface area (Å²) in [5, 5.41) is 16.4. The summed E-state index contributed by atoms with van der Waals surface area (Å²) in [4.78, 5) is 0. The molecule has 0 aliphatic rings. The van der Waals surface area contributed by atoms with Crippen LogP contribution in [0.4, 0.5) is 0 Å². The molecular weight excluding hydrogens is 324 g/mol. The molecule has 2 aromatic heterocycles. The molecule has 0 unspecified atom stereocenters. The largest absolute Gasteiger partial charge is 0.420 e. The molecule has 0 saturated carbocycles. The van der Waals surface area contributed by atoms with Crippen molar-refractivity contribution in [2.45, 2.75) is 21.4 Å². The Kier molecular flexibility index (Phi) is 4.89. The summed E-state index contributed by atoms with van der Waals surface area (Å²) in [6.45, 7) is 2.10. The van der Waals surface area contributed by atoms with Crippen molar-refractivity contribution in [3.8, 4) is 11.5 Å². The van der Waals surface area contributed by atoms with E-state index in [0.717, 1.165) is 20.0 Å². The van der Waals surface area contributed by atoms with Crippen LogP contribution in [-0.4, -0.2) is 26.1 Å². The molecule has 0 aliphatic heterocycles. The summed E-state index contributed by atoms with van der Waals surface area (Å²) >= 11 is 4.86. The Bertz CT molecular complexity index is 698. The normalized spacial score (nSPS) is 10.9. The number of aromatic nitrogens is 4. The van der Waals surface area contributed by atoms with Crippen LogP contribution in [0.2, 0.25) is 0 Å². The molecule has 3 rings (SSSR count). The van der Waals surface area contributed by atoms with Crippen molar-refractivity contribution < 1.29 is 4.42 Å². The van der Waals surface area contributed by atoms with Crippen LogP contribution >= 0.6 is 34.9 Å². The zero-order valence-electron chi connectivity index (χ0n) is 11.2. The van der Waals surface area contributed by atoms with Crippen LogP contribution < -0.4 is 0 Å². The molecule has 0 fully saturated rings. The third kappa shape index (κ3) is 3.84. The monoisotopic (exact) mass is 336 g/mol. The quantitative estimate of drug-likeness (QED) is 0.630. The first-order valence-corrected chi connectivity index (χ1v) is 9.11.